The lowest BCUT2D eigenvalue weighted by atomic mass is 10.1. The topological polar surface area (TPSA) is 38.3 Å². The first kappa shape index (κ1) is 14.2. The van der Waals surface area contributed by atoms with Gasteiger partial charge in [0, 0.05) is 22.7 Å². The molecule has 1 aromatic carbocycles. The van der Waals surface area contributed by atoms with Crippen LogP contribution < -0.4 is 10.1 Å². The van der Waals surface area contributed by atoms with Crippen molar-refractivity contribution in [2.24, 2.45) is 0 Å². The Labute approximate surface area is 106 Å². The first-order valence-corrected chi connectivity index (χ1v) is 7.02. The summed E-state index contributed by atoms with van der Waals surface area (Å²) in [5, 5.41) is 3.33. The van der Waals surface area contributed by atoms with E-state index >= 15 is 0 Å². The molecule has 1 rings (SSSR count). The van der Waals surface area contributed by atoms with Crippen LogP contribution in [0, 0.1) is 0 Å². The van der Waals surface area contributed by atoms with Crippen molar-refractivity contribution in [2.45, 2.75) is 31.2 Å². The SMILES string of the molecule is COc1cccc(S(=O)CCNC(C)(C)C)c1. The van der Waals surface area contributed by atoms with Gasteiger partial charge in [0.2, 0.25) is 0 Å². The Hall–Kier alpha value is -0.870. The van der Waals surface area contributed by atoms with E-state index in [1.54, 1.807) is 7.11 Å². The summed E-state index contributed by atoms with van der Waals surface area (Å²) in [5.41, 5.74) is 0.0680. The largest absolute Gasteiger partial charge is 0.497 e. The van der Waals surface area contributed by atoms with E-state index in [4.69, 9.17) is 4.74 Å². The Kier molecular flexibility index (Phi) is 5.15. The summed E-state index contributed by atoms with van der Waals surface area (Å²) in [4.78, 5) is 0.819. The monoisotopic (exact) mass is 255 g/mol. The predicted molar refractivity (Wildman–Crippen MR) is 72.0 cm³/mol. The fourth-order valence-electron chi connectivity index (χ4n) is 1.38. The average Bonchev–Trinajstić information content (AvgIpc) is 2.27. The zero-order chi connectivity index (χ0) is 12.9. The van der Waals surface area contributed by atoms with Crippen LogP contribution in [0.3, 0.4) is 0 Å². The van der Waals surface area contributed by atoms with Crippen molar-refractivity contribution in [1.29, 1.82) is 0 Å². The third kappa shape index (κ3) is 5.33. The maximum absolute atomic E-state index is 12.0. The molecule has 1 N–H and O–H groups in total. The number of rotatable bonds is 5. The quantitative estimate of drug-likeness (QED) is 0.876. The fraction of sp³-hybridized carbons (Fsp3) is 0.538. The number of hydrogen-bond acceptors (Lipinski definition) is 3. The highest BCUT2D eigenvalue weighted by molar-refractivity contribution is 7.85. The second-order valence-electron chi connectivity index (χ2n) is 4.91. The van der Waals surface area contributed by atoms with E-state index in [0.717, 1.165) is 17.2 Å². The molecular weight excluding hydrogens is 234 g/mol. The van der Waals surface area contributed by atoms with Gasteiger partial charge in [-0.1, -0.05) is 6.07 Å². The third-order valence-electron chi connectivity index (χ3n) is 2.25. The summed E-state index contributed by atoms with van der Waals surface area (Å²) in [6.07, 6.45) is 0. The van der Waals surface area contributed by atoms with Gasteiger partial charge >= 0.3 is 0 Å². The predicted octanol–water partition coefficient (Wildman–Crippen LogP) is 2.19. The highest BCUT2D eigenvalue weighted by atomic mass is 32.2. The molecule has 4 heteroatoms. The third-order valence-corrected chi connectivity index (χ3v) is 3.60. The second-order valence-corrected chi connectivity index (χ2v) is 6.48. The van der Waals surface area contributed by atoms with Crippen LogP contribution in [-0.4, -0.2) is 29.2 Å². The summed E-state index contributed by atoms with van der Waals surface area (Å²) >= 11 is 0. The van der Waals surface area contributed by atoms with Gasteiger partial charge in [-0.15, -0.1) is 0 Å². The normalized spacial score (nSPS) is 13.4. The zero-order valence-electron chi connectivity index (χ0n) is 10.9. The Balaban J connectivity index is 2.52. The Morgan fingerprint density at radius 1 is 1.35 bits per heavy atom. The Bertz CT molecular complexity index is 385. The van der Waals surface area contributed by atoms with E-state index in [1.807, 2.05) is 24.3 Å². The van der Waals surface area contributed by atoms with E-state index in [2.05, 4.69) is 26.1 Å². The van der Waals surface area contributed by atoms with Crippen molar-refractivity contribution in [3.8, 4) is 5.75 Å². The van der Waals surface area contributed by atoms with Crippen molar-refractivity contribution < 1.29 is 8.95 Å². The highest BCUT2D eigenvalue weighted by Crippen LogP contribution is 2.15. The first-order chi connectivity index (χ1) is 7.92. The molecule has 0 saturated carbocycles. The molecule has 0 spiro atoms. The standard InChI is InChI=1S/C13H21NO2S/c1-13(2,3)14-8-9-17(15)12-7-5-6-11(10-12)16-4/h5-7,10,14H,8-9H2,1-4H3. The van der Waals surface area contributed by atoms with E-state index < -0.39 is 10.8 Å². The maximum Gasteiger partial charge on any atom is 0.120 e. The van der Waals surface area contributed by atoms with Crippen LogP contribution in [0.15, 0.2) is 29.2 Å². The zero-order valence-corrected chi connectivity index (χ0v) is 11.8. The van der Waals surface area contributed by atoms with E-state index in [1.165, 1.54) is 0 Å². The van der Waals surface area contributed by atoms with Crippen molar-refractivity contribution in [2.75, 3.05) is 19.4 Å². The molecule has 0 bridgehead atoms. The number of nitrogens with one attached hydrogen (secondary N) is 1. The van der Waals surface area contributed by atoms with Crippen molar-refractivity contribution in [3.63, 3.8) is 0 Å². The van der Waals surface area contributed by atoms with Gasteiger partial charge in [0.15, 0.2) is 0 Å². The van der Waals surface area contributed by atoms with Crippen LogP contribution in [0.5, 0.6) is 5.75 Å². The molecule has 0 aromatic heterocycles. The Morgan fingerprint density at radius 2 is 2.06 bits per heavy atom. The van der Waals surface area contributed by atoms with Gasteiger partial charge in [-0.2, -0.15) is 0 Å². The molecular formula is C13H21NO2S. The van der Waals surface area contributed by atoms with E-state index in [0.29, 0.717) is 5.75 Å². The number of hydrogen-bond donors (Lipinski definition) is 1. The molecule has 96 valence electrons. The first-order valence-electron chi connectivity index (χ1n) is 5.70. The van der Waals surface area contributed by atoms with Crippen LogP contribution in [0.1, 0.15) is 20.8 Å². The molecule has 0 radical (unpaired) electrons. The number of methoxy groups -OCH3 is 1. The minimum Gasteiger partial charge on any atom is -0.497 e. The van der Waals surface area contributed by atoms with E-state index in [9.17, 15) is 4.21 Å². The molecule has 0 aliphatic heterocycles. The number of ether oxygens (including phenoxy) is 1. The van der Waals surface area contributed by atoms with Crippen LogP contribution in [0.25, 0.3) is 0 Å². The molecule has 3 nitrogen and oxygen atoms in total. The van der Waals surface area contributed by atoms with Crippen molar-refractivity contribution in [3.05, 3.63) is 24.3 Å². The smallest absolute Gasteiger partial charge is 0.120 e. The molecule has 1 atom stereocenters. The molecule has 0 fully saturated rings. The summed E-state index contributed by atoms with van der Waals surface area (Å²) in [5.74, 6) is 1.37. The fourth-order valence-corrected chi connectivity index (χ4v) is 2.38. The van der Waals surface area contributed by atoms with Gasteiger partial charge in [-0.05, 0) is 39.0 Å². The molecule has 0 saturated heterocycles. The van der Waals surface area contributed by atoms with Gasteiger partial charge in [-0.25, -0.2) is 0 Å². The molecule has 1 unspecified atom stereocenters. The molecule has 0 heterocycles. The molecule has 1 aromatic rings. The summed E-state index contributed by atoms with van der Waals surface area (Å²) < 4.78 is 17.1. The molecule has 17 heavy (non-hydrogen) atoms. The summed E-state index contributed by atoms with van der Waals surface area (Å²) in [6.45, 7) is 7.04. The van der Waals surface area contributed by atoms with Crippen molar-refractivity contribution >= 4 is 10.8 Å². The maximum atomic E-state index is 12.0. The Morgan fingerprint density at radius 3 is 2.65 bits per heavy atom. The van der Waals surface area contributed by atoms with Gasteiger partial charge in [-0.3, -0.25) is 4.21 Å². The highest BCUT2D eigenvalue weighted by Gasteiger charge is 2.10. The van der Waals surface area contributed by atoms with Crippen LogP contribution in [0.4, 0.5) is 0 Å². The molecule has 0 aliphatic rings. The van der Waals surface area contributed by atoms with Crippen LogP contribution in [0.2, 0.25) is 0 Å². The lowest BCUT2D eigenvalue weighted by Crippen LogP contribution is -2.38. The van der Waals surface area contributed by atoms with Crippen LogP contribution >= 0.6 is 0 Å². The lowest BCUT2D eigenvalue weighted by Gasteiger charge is -2.20. The number of benzene rings is 1. The lowest BCUT2D eigenvalue weighted by molar-refractivity contribution is 0.413. The van der Waals surface area contributed by atoms with E-state index in [-0.39, 0.29) is 5.54 Å². The van der Waals surface area contributed by atoms with Crippen molar-refractivity contribution in [1.82, 2.24) is 5.32 Å². The average molecular weight is 255 g/mol. The van der Waals surface area contributed by atoms with Gasteiger partial charge in [0.05, 0.1) is 17.9 Å². The van der Waals surface area contributed by atoms with Gasteiger partial charge < -0.3 is 10.1 Å². The van der Waals surface area contributed by atoms with Crippen LogP contribution in [-0.2, 0) is 10.8 Å². The van der Waals surface area contributed by atoms with Gasteiger partial charge in [0.25, 0.3) is 0 Å². The molecule has 0 aliphatic carbocycles. The molecule has 0 amide bonds. The summed E-state index contributed by atoms with van der Waals surface area (Å²) in [6, 6.07) is 7.42. The summed E-state index contributed by atoms with van der Waals surface area (Å²) in [7, 11) is 0.642. The minimum atomic E-state index is -0.972. The second kappa shape index (κ2) is 6.17. The van der Waals surface area contributed by atoms with Gasteiger partial charge in [0.1, 0.15) is 5.75 Å². The minimum absolute atomic E-state index is 0.0680.